The predicted octanol–water partition coefficient (Wildman–Crippen LogP) is 0.602. The van der Waals surface area contributed by atoms with Gasteiger partial charge in [0.05, 0.1) is 12.1 Å². The molecule has 0 atom stereocenters. The van der Waals surface area contributed by atoms with Gasteiger partial charge in [-0.1, -0.05) is 5.10 Å². The molecule has 1 rings (SSSR count). The fourth-order valence-corrected chi connectivity index (χ4v) is 1.07. The summed E-state index contributed by atoms with van der Waals surface area (Å²) in [5, 5.41) is 7.23. The van der Waals surface area contributed by atoms with Crippen LogP contribution < -0.4 is 5.69 Å². The first-order valence-electron chi connectivity index (χ1n) is 4.08. The Bertz CT molecular complexity index is 309. The van der Waals surface area contributed by atoms with Crippen molar-refractivity contribution in [1.82, 2.24) is 19.8 Å². The van der Waals surface area contributed by atoms with Crippen LogP contribution in [-0.4, -0.2) is 19.8 Å². The molecule has 0 radical (unpaired) electrons. The highest BCUT2D eigenvalue weighted by molar-refractivity contribution is 4.63. The Morgan fingerprint density at radius 2 is 1.75 bits per heavy atom. The van der Waals surface area contributed by atoms with Crippen molar-refractivity contribution >= 4 is 0 Å². The fourth-order valence-electron chi connectivity index (χ4n) is 1.07. The third-order valence-electron chi connectivity index (χ3n) is 1.59. The van der Waals surface area contributed by atoms with E-state index >= 15 is 0 Å². The van der Waals surface area contributed by atoms with Crippen molar-refractivity contribution in [3.05, 3.63) is 10.5 Å². The molecule has 68 valence electrons. The van der Waals surface area contributed by atoms with E-state index in [1.165, 1.54) is 0 Å². The van der Waals surface area contributed by atoms with Crippen LogP contribution >= 0.6 is 0 Å². The molecule has 0 unspecified atom stereocenters. The zero-order valence-electron chi connectivity index (χ0n) is 7.85. The normalized spacial score (nSPS) is 11.5. The van der Waals surface area contributed by atoms with Gasteiger partial charge >= 0.3 is 5.69 Å². The standard InChI is InChI=1S/C7H14N4O/c1-5(2)10-7(12)8-9-11(10)6(3)4/h5-6H,1-4H3. The number of rotatable bonds is 2. The molecular formula is C7H14N4O. The Balaban J connectivity index is 3.22. The second-order valence-corrected chi connectivity index (χ2v) is 3.32. The van der Waals surface area contributed by atoms with Gasteiger partial charge in [-0.05, 0) is 32.9 Å². The van der Waals surface area contributed by atoms with E-state index in [9.17, 15) is 4.79 Å². The molecule has 1 aromatic rings. The van der Waals surface area contributed by atoms with Gasteiger partial charge in [0.1, 0.15) is 0 Å². The number of nitrogens with zero attached hydrogens (tertiary/aromatic N) is 4. The quantitative estimate of drug-likeness (QED) is 0.653. The number of aromatic nitrogens is 4. The molecule has 0 aromatic carbocycles. The highest BCUT2D eigenvalue weighted by atomic mass is 16.2. The van der Waals surface area contributed by atoms with E-state index in [0.717, 1.165) is 0 Å². The van der Waals surface area contributed by atoms with E-state index < -0.39 is 0 Å². The molecule has 0 aliphatic carbocycles. The minimum atomic E-state index is -0.279. The Morgan fingerprint density at radius 1 is 1.17 bits per heavy atom. The Kier molecular flexibility index (Phi) is 2.30. The summed E-state index contributed by atoms with van der Waals surface area (Å²) in [6.45, 7) is 7.80. The molecule has 0 saturated heterocycles. The summed E-state index contributed by atoms with van der Waals surface area (Å²) in [6.07, 6.45) is 0. The lowest BCUT2D eigenvalue weighted by atomic mass is 10.4. The molecule has 0 aliphatic heterocycles. The summed E-state index contributed by atoms with van der Waals surface area (Å²) in [5.74, 6) is 0. The molecule has 0 fully saturated rings. The van der Waals surface area contributed by atoms with Gasteiger partial charge in [0, 0.05) is 0 Å². The first-order valence-corrected chi connectivity index (χ1v) is 4.08. The average molecular weight is 170 g/mol. The van der Waals surface area contributed by atoms with Gasteiger partial charge in [0.15, 0.2) is 0 Å². The first kappa shape index (κ1) is 8.96. The zero-order valence-corrected chi connectivity index (χ0v) is 7.85. The predicted molar refractivity (Wildman–Crippen MR) is 45.1 cm³/mol. The average Bonchev–Trinajstić information content (AvgIpc) is 2.30. The number of hydrogen-bond donors (Lipinski definition) is 0. The van der Waals surface area contributed by atoms with Crippen LogP contribution in [-0.2, 0) is 0 Å². The summed E-state index contributed by atoms with van der Waals surface area (Å²) in [7, 11) is 0. The van der Waals surface area contributed by atoms with E-state index in [4.69, 9.17) is 0 Å². The van der Waals surface area contributed by atoms with Crippen molar-refractivity contribution in [3.8, 4) is 0 Å². The second kappa shape index (κ2) is 3.08. The first-order chi connectivity index (χ1) is 5.54. The van der Waals surface area contributed by atoms with E-state index in [0.29, 0.717) is 0 Å². The van der Waals surface area contributed by atoms with Crippen LogP contribution in [0, 0.1) is 0 Å². The second-order valence-electron chi connectivity index (χ2n) is 3.32. The van der Waals surface area contributed by atoms with Gasteiger partial charge < -0.3 is 0 Å². The number of tetrazole rings is 1. The molecule has 0 spiro atoms. The van der Waals surface area contributed by atoms with E-state index in [1.54, 1.807) is 9.48 Å². The van der Waals surface area contributed by atoms with E-state index in [2.05, 4.69) is 10.3 Å². The topological polar surface area (TPSA) is 52.7 Å². The summed E-state index contributed by atoms with van der Waals surface area (Å²) in [6, 6.07) is 0.275. The SMILES string of the molecule is CC(C)n1nnc(=O)n1C(C)C. The van der Waals surface area contributed by atoms with Crippen LogP contribution in [0.5, 0.6) is 0 Å². The molecule has 0 N–H and O–H groups in total. The van der Waals surface area contributed by atoms with E-state index in [-0.39, 0.29) is 17.8 Å². The molecule has 0 bridgehead atoms. The minimum Gasteiger partial charge on any atom is -0.242 e. The third-order valence-corrected chi connectivity index (χ3v) is 1.59. The van der Waals surface area contributed by atoms with Gasteiger partial charge in [0.25, 0.3) is 0 Å². The zero-order chi connectivity index (χ0) is 9.30. The Hall–Kier alpha value is -1.13. The van der Waals surface area contributed by atoms with Crippen molar-refractivity contribution in [2.75, 3.05) is 0 Å². The maximum atomic E-state index is 11.2. The third kappa shape index (κ3) is 1.39. The fraction of sp³-hybridized carbons (Fsp3) is 0.857. The van der Waals surface area contributed by atoms with Gasteiger partial charge in [-0.3, -0.25) is 0 Å². The van der Waals surface area contributed by atoms with Crippen LogP contribution in [0.15, 0.2) is 4.79 Å². The van der Waals surface area contributed by atoms with Crippen LogP contribution in [0.25, 0.3) is 0 Å². The summed E-state index contributed by atoms with van der Waals surface area (Å²) in [4.78, 5) is 12.8. The van der Waals surface area contributed by atoms with Crippen molar-refractivity contribution in [1.29, 1.82) is 0 Å². The lowest BCUT2D eigenvalue weighted by molar-refractivity contribution is 0.327. The molecule has 0 saturated carbocycles. The van der Waals surface area contributed by atoms with Crippen LogP contribution in [0.4, 0.5) is 0 Å². The molecule has 5 nitrogen and oxygen atoms in total. The highest BCUT2D eigenvalue weighted by Gasteiger charge is 2.11. The summed E-state index contributed by atoms with van der Waals surface area (Å²) in [5.41, 5.74) is -0.279. The van der Waals surface area contributed by atoms with Crippen molar-refractivity contribution in [2.24, 2.45) is 0 Å². The monoisotopic (exact) mass is 170 g/mol. The molecular weight excluding hydrogens is 156 g/mol. The minimum absolute atomic E-state index is 0.106. The molecule has 1 heterocycles. The van der Waals surface area contributed by atoms with Crippen molar-refractivity contribution < 1.29 is 0 Å². The van der Waals surface area contributed by atoms with Crippen molar-refractivity contribution in [3.63, 3.8) is 0 Å². The number of hydrogen-bond acceptors (Lipinski definition) is 3. The highest BCUT2D eigenvalue weighted by Crippen LogP contribution is 2.03. The van der Waals surface area contributed by atoms with Crippen molar-refractivity contribution in [2.45, 2.75) is 39.8 Å². The Morgan fingerprint density at radius 3 is 2.08 bits per heavy atom. The van der Waals surface area contributed by atoms with Gasteiger partial charge in [-0.25, -0.2) is 9.48 Å². The van der Waals surface area contributed by atoms with Crippen LogP contribution in [0.2, 0.25) is 0 Å². The summed E-state index contributed by atoms with van der Waals surface area (Å²) >= 11 is 0. The van der Waals surface area contributed by atoms with Gasteiger partial charge in [-0.2, -0.15) is 4.80 Å². The van der Waals surface area contributed by atoms with Gasteiger partial charge in [0.2, 0.25) is 0 Å². The lowest BCUT2D eigenvalue weighted by Gasteiger charge is -2.13. The smallest absolute Gasteiger partial charge is 0.242 e. The lowest BCUT2D eigenvalue weighted by Crippen LogP contribution is -2.26. The molecule has 0 amide bonds. The maximum Gasteiger partial charge on any atom is 0.383 e. The largest absolute Gasteiger partial charge is 0.383 e. The molecule has 5 heteroatoms. The molecule has 0 aliphatic rings. The molecule has 12 heavy (non-hydrogen) atoms. The van der Waals surface area contributed by atoms with Gasteiger partial charge in [-0.15, -0.1) is 0 Å². The van der Waals surface area contributed by atoms with E-state index in [1.807, 2.05) is 27.7 Å². The summed E-state index contributed by atoms with van der Waals surface area (Å²) < 4.78 is 1.55. The van der Waals surface area contributed by atoms with Crippen LogP contribution in [0.3, 0.4) is 0 Å². The molecule has 1 aromatic heterocycles. The van der Waals surface area contributed by atoms with Crippen LogP contribution in [0.1, 0.15) is 39.8 Å². The Labute approximate surface area is 71.0 Å². The maximum absolute atomic E-state index is 11.2.